The minimum atomic E-state index is 0.0830. The molecule has 0 N–H and O–H groups in total. The maximum atomic E-state index is 6.13. The van der Waals surface area contributed by atoms with E-state index >= 15 is 0 Å². The average molecular weight is 329 g/mol. The Morgan fingerprint density at radius 2 is 1.41 bits per heavy atom. The third kappa shape index (κ3) is 3.46. The highest BCUT2D eigenvalue weighted by molar-refractivity contribution is 6.42. The number of pyridine rings is 2. The van der Waals surface area contributed by atoms with Crippen molar-refractivity contribution in [1.82, 2.24) is 9.97 Å². The van der Waals surface area contributed by atoms with Crippen LogP contribution in [0.2, 0.25) is 10.0 Å². The molecule has 0 amide bonds. The van der Waals surface area contributed by atoms with Gasteiger partial charge < -0.3 is 0 Å². The first-order valence-electron chi connectivity index (χ1n) is 7.00. The molecular formula is C18H14Cl2N2. The van der Waals surface area contributed by atoms with Gasteiger partial charge in [-0.1, -0.05) is 41.4 Å². The molecule has 0 saturated heterocycles. The molecule has 0 saturated carbocycles. The second kappa shape index (κ2) is 6.91. The maximum Gasteiger partial charge on any atom is 0.0595 e. The molecule has 0 aliphatic heterocycles. The van der Waals surface area contributed by atoms with Gasteiger partial charge in [0.2, 0.25) is 0 Å². The molecule has 0 spiro atoms. The number of hydrogen-bond acceptors (Lipinski definition) is 2. The summed E-state index contributed by atoms with van der Waals surface area (Å²) in [5, 5.41) is 1.14. The number of benzene rings is 1. The lowest BCUT2D eigenvalue weighted by atomic mass is 9.92. The molecule has 4 heteroatoms. The second-order valence-corrected chi connectivity index (χ2v) is 5.83. The highest BCUT2D eigenvalue weighted by Crippen LogP contribution is 2.29. The van der Waals surface area contributed by atoms with Gasteiger partial charge in [0, 0.05) is 29.7 Å². The van der Waals surface area contributed by atoms with Crippen LogP contribution in [0.15, 0.2) is 67.0 Å². The Kier molecular flexibility index (Phi) is 4.71. The number of halogens is 2. The third-order valence-corrected chi connectivity index (χ3v) is 4.25. The average Bonchev–Trinajstić information content (AvgIpc) is 2.57. The SMILES string of the molecule is Clc1ccc(CC(c2ccccn2)c2ccccn2)cc1Cl. The van der Waals surface area contributed by atoms with E-state index < -0.39 is 0 Å². The van der Waals surface area contributed by atoms with Crippen LogP contribution in [-0.2, 0) is 6.42 Å². The van der Waals surface area contributed by atoms with Crippen LogP contribution in [0.5, 0.6) is 0 Å². The molecular weight excluding hydrogens is 315 g/mol. The minimum absolute atomic E-state index is 0.0830. The van der Waals surface area contributed by atoms with E-state index in [1.54, 1.807) is 12.4 Å². The molecule has 22 heavy (non-hydrogen) atoms. The van der Waals surface area contributed by atoms with Crippen molar-refractivity contribution in [2.75, 3.05) is 0 Å². The van der Waals surface area contributed by atoms with Crippen molar-refractivity contribution in [2.45, 2.75) is 12.3 Å². The molecule has 0 aliphatic rings. The lowest BCUT2D eigenvalue weighted by molar-refractivity contribution is 0.746. The molecule has 110 valence electrons. The summed E-state index contributed by atoms with van der Waals surface area (Å²) in [5.41, 5.74) is 3.09. The van der Waals surface area contributed by atoms with Crippen LogP contribution < -0.4 is 0 Å². The van der Waals surface area contributed by atoms with Gasteiger partial charge in [0.25, 0.3) is 0 Å². The Bertz CT molecular complexity index is 706. The maximum absolute atomic E-state index is 6.13. The Labute approximate surface area is 139 Å². The van der Waals surface area contributed by atoms with Crippen molar-refractivity contribution in [2.24, 2.45) is 0 Å². The first-order chi connectivity index (χ1) is 10.7. The fourth-order valence-corrected chi connectivity index (χ4v) is 2.75. The van der Waals surface area contributed by atoms with E-state index in [9.17, 15) is 0 Å². The van der Waals surface area contributed by atoms with Crippen molar-refractivity contribution in [3.05, 3.63) is 94.0 Å². The molecule has 0 atom stereocenters. The van der Waals surface area contributed by atoms with Crippen LogP contribution in [0.1, 0.15) is 22.9 Å². The minimum Gasteiger partial charge on any atom is -0.261 e. The molecule has 0 unspecified atom stereocenters. The van der Waals surface area contributed by atoms with Crippen LogP contribution in [0.25, 0.3) is 0 Å². The Morgan fingerprint density at radius 3 is 1.91 bits per heavy atom. The molecule has 0 bridgehead atoms. The summed E-state index contributed by atoms with van der Waals surface area (Å²) in [4.78, 5) is 8.99. The summed E-state index contributed by atoms with van der Waals surface area (Å²) in [6.07, 6.45) is 4.38. The van der Waals surface area contributed by atoms with Gasteiger partial charge in [-0.05, 0) is 48.4 Å². The smallest absolute Gasteiger partial charge is 0.0595 e. The number of aromatic nitrogens is 2. The van der Waals surface area contributed by atoms with E-state index in [4.69, 9.17) is 23.2 Å². The molecule has 0 aliphatic carbocycles. The van der Waals surface area contributed by atoms with Crippen LogP contribution in [0.4, 0.5) is 0 Å². The standard InChI is InChI=1S/C18H14Cl2N2/c19-15-8-7-13(12-16(15)20)11-14(17-5-1-3-9-21-17)18-6-2-4-10-22-18/h1-10,12,14H,11H2. The molecule has 3 aromatic rings. The van der Waals surface area contributed by atoms with Gasteiger partial charge in [-0.25, -0.2) is 0 Å². The summed E-state index contributed by atoms with van der Waals surface area (Å²) in [7, 11) is 0. The number of hydrogen-bond donors (Lipinski definition) is 0. The Morgan fingerprint density at radius 1 is 0.773 bits per heavy atom. The summed E-state index contributed by atoms with van der Waals surface area (Å²) in [5.74, 6) is 0.0830. The molecule has 1 aromatic carbocycles. The molecule has 3 rings (SSSR count). The van der Waals surface area contributed by atoms with Gasteiger partial charge in [-0.3, -0.25) is 9.97 Å². The number of nitrogens with zero attached hydrogens (tertiary/aromatic N) is 2. The second-order valence-electron chi connectivity index (χ2n) is 5.01. The fraction of sp³-hybridized carbons (Fsp3) is 0.111. The molecule has 2 heterocycles. The summed E-state index contributed by atoms with van der Waals surface area (Å²) in [6, 6.07) is 17.6. The van der Waals surface area contributed by atoms with Crippen LogP contribution >= 0.6 is 23.2 Å². The summed E-state index contributed by atoms with van der Waals surface area (Å²) < 4.78 is 0. The van der Waals surface area contributed by atoms with Crippen molar-refractivity contribution >= 4 is 23.2 Å². The largest absolute Gasteiger partial charge is 0.261 e. The Hall–Kier alpha value is -1.90. The zero-order valence-electron chi connectivity index (χ0n) is 11.8. The van der Waals surface area contributed by atoms with Gasteiger partial charge in [0.05, 0.1) is 10.0 Å². The zero-order valence-corrected chi connectivity index (χ0v) is 13.3. The fourth-order valence-electron chi connectivity index (χ4n) is 2.43. The van der Waals surface area contributed by atoms with Gasteiger partial charge in [0.1, 0.15) is 0 Å². The molecule has 2 nitrogen and oxygen atoms in total. The van der Waals surface area contributed by atoms with Crippen LogP contribution in [-0.4, -0.2) is 9.97 Å². The van der Waals surface area contributed by atoms with Gasteiger partial charge >= 0.3 is 0 Å². The van der Waals surface area contributed by atoms with E-state index in [1.807, 2.05) is 54.6 Å². The van der Waals surface area contributed by atoms with Crippen molar-refractivity contribution < 1.29 is 0 Å². The molecule has 0 radical (unpaired) electrons. The lowest BCUT2D eigenvalue weighted by Gasteiger charge is -2.16. The van der Waals surface area contributed by atoms with Crippen molar-refractivity contribution in [1.29, 1.82) is 0 Å². The van der Waals surface area contributed by atoms with E-state index in [0.29, 0.717) is 10.0 Å². The van der Waals surface area contributed by atoms with Crippen molar-refractivity contribution in [3.63, 3.8) is 0 Å². The van der Waals surface area contributed by atoms with Crippen LogP contribution in [0, 0.1) is 0 Å². The molecule has 0 fully saturated rings. The van der Waals surface area contributed by atoms with E-state index in [1.165, 1.54) is 0 Å². The van der Waals surface area contributed by atoms with E-state index in [-0.39, 0.29) is 5.92 Å². The zero-order chi connectivity index (χ0) is 15.4. The predicted octanol–water partition coefficient (Wildman–Crippen LogP) is 5.16. The highest BCUT2D eigenvalue weighted by Gasteiger charge is 2.17. The first kappa shape index (κ1) is 15.0. The monoisotopic (exact) mass is 328 g/mol. The predicted molar refractivity (Wildman–Crippen MR) is 90.5 cm³/mol. The Balaban J connectivity index is 1.97. The van der Waals surface area contributed by atoms with E-state index in [0.717, 1.165) is 23.4 Å². The van der Waals surface area contributed by atoms with Gasteiger partial charge in [-0.15, -0.1) is 0 Å². The highest BCUT2D eigenvalue weighted by atomic mass is 35.5. The van der Waals surface area contributed by atoms with Gasteiger partial charge in [0.15, 0.2) is 0 Å². The number of rotatable bonds is 4. The third-order valence-electron chi connectivity index (χ3n) is 3.51. The quantitative estimate of drug-likeness (QED) is 0.661. The van der Waals surface area contributed by atoms with E-state index in [2.05, 4.69) is 9.97 Å². The summed E-state index contributed by atoms with van der Waals surface area (Å²) in [6.45, 7) is 0. The topological polar surface area (TPSA) is 25.8 Å². The normalized spacial score (nSPS) is 10.9. The van der Waals surface area contributed by atoms with Crippen LogP contribution in [0.3, 0.4) is 0 Å². The summed E-state index contributed by atoms with van der Waals surface area (Å²) >= 11 is 12.1. The van der Waals surface area contributed by atoms with Crippen molar-refractivity contribution in [3.8, 4) is 0 Å². The van der Waals surface area contributed by atoms with Gasteiger partial charge in [-0.2, -0.15) is 0 Å². The molecule has 2 aromatic heterocycles. The first-order valence-corrected chi connectivity index (χ1v) is 7.75. The lowest BCUT2D eigenvalue weighted by Crippen LogP contribution is -2.08.